The van der Waals surface area contributed by atoms with Crippen LogP contribution < -0.4 is 0 Å². The Hall–Kier alpha value is -2.20. The summed E-state index contributed by atoms with van der Waals surface area (Å²) in [4.78, 5) is 8.53. The van der Waals surface area contributed by atoms with Crippen molar-refractivity contribution in [3.05, 3.63) is 65.3 Å². The smallest absolute Gasteiger partial charge is 0.234 e. The molecule has 0 N–H and O–H groups in total. The van der Waals surface area contributed by atoms with E-state index in [1.54, 1.807) is 12.3 Å². The van der Waals surface area contributed by atoms with Crippen molar-refractivity contribution in [2.24, 2.45) is 0 Å². The van der Waals surface area contributed by atoms with Crippen molar-refractivity contribution in [3.8, 4) is 11.4 Å². The van der Waals surface area contributed by atoms with Gasteiger partial charge in [-0.05, 0) is 24.1 Å². The van der Waals surface area contributed by atoms with Crippen molar-refractivity contribution in [3.63, 3.8) is 0 Å². The minimum Gasteiger partial charge on any atom is -0.338 e. The van der Waals surface area contributed by atoms with Crippen LogP contribution in [0, 0.1) is 0 Å². The van der Waals surface area contributed by atoms with Crippen LogP contribution in [0.15, 0.2) is 53.2 Å². The van der Waals surface area contributed by atoms with Gasteiger partial charge in [0.15, 0.2) is 0 Å². The quantitative estimate of drug-likeness (QED) is 0.673. The van der Waals surface area contributed by atoms with Crippen LogP contribution in [-0.4, -0.2) is 15.1 Å². The summed E-state index contributed by atoms with van der Waals surface area (Å²) in [6.07, 6.45) is 2.53. The van der Waals surface area contributed by atoms with Crippen LogP contribution in [0.2, 0.25) is 5.15 Å². The molecule has 4 nitrogen and oxygen atoms in total. The fraction of sp³-hybridized carbons (Fsp3) is 0.188. The second kappa shape index (κ2) is 6.06. The number of aromatic nitrogens is 3. The zero-order chi connectivity index (χ0) is 14.7. The predicted octanol–water partition coefficient (Wildman–Crippen LogP) is 4.33. The highest BCUT2D eigenvalue weighted by molar-refractivity contribution is 6.29. The zero-order valence-corrected chi connectivity index (χ0v) is 12.3. The van der Waals surface area contributed by atoms with Gasteiger partial charge in [-0.3, -0.25) is 0 Å². The van der Waals surface area contributed by atoms with E-state index in [0.717, 1.165) is 12.0 Å². The van der Waals surface area contributed by atoms with Gasteiger partial charge in [0, 0.05) is 11.8 Å². The van der Waals surface area contributed by atoms with E-state index in [-0.39, 0.29) is 5.92 Å². The van der Waals surface area contributed by atoms with Gasteiger partial charge >= 0.3 is 0 Å². The van der Waals surface area contributed by atoms with Crippen LogP contribution in [0.3, 0.4) is 0 Å². The normalized spacial score (nSPS) is 12.3. The molecule has 0 spiro atoms. The maximum Gasteiger partial charge on any atom is 0.234 e. The monoisotopic (exact) mass is 299 g/mol. The molecule has 2 aromatic heterocycles. The molecular formula is C16H14ClN3O. The molecule has 2 heterocycles. The van der Waals surface area contributed by atoms with Gasteiger partial charge in [-0.1, -0.05) is 54.0 Å². The zero-order valence-electron chi connectivity index (χ0n) is 11.5. The molecule has 21 heavy (non-hydrogen) atoms. The van der Waals surface area contributed by atoms with Gasteiger partial charge in [-0.25, -0.2) is 4.98 Å². The molecule has 0 aliphatic carbocycles. The molecule has 5 heteroatoms. The van der Waals surface area contributed by atoms with E-state index in [1.807, 2.05) is 24.3 Å². The fourth-order valence-corrected chi connectivity index (χ4v) is 2.35. The molecule has 1 atom stereocenters. The fourth-order valence-electron chi connectivity index (χ4n) is 2.24. The van der Waals surface area contributed by atoms with Crippen molar-refractivity contribution in [2.75, 3.05) is 0 Å². The lowest BCUT2D eigenvalue weighted by molar-refractivity contribution is 0.363. The average molecular weight is 300 g/mol. The number of nitrogens with zero attached hydrogens (tertiary/aromatic N) is 3. The molecule has 0 aliphatic rings. The van der Waals surface area contributed by atoms with E-state index in [0.29, 0.717) is 16.9 Å². The van der Waals surface area contributed by atoms with Crippen molar-refractivity contribution in [1.29, 1.82) is 0 Å². The Balaban J connectivity index is 1.92. The number of rotatable bonds is 4. The summed E-state index contributed by atoms with van der Waals surface area (Å²) in [6, 6.07) is 13.7. The summed E-state index contributed by atoms with van der Waals surface area (Å²) in [5.41, 5.74) is 1.96. The van der Waals surface area contributed by atoms with Gasteiger partial charge in [-0.15, -0.1) is 0 Å². The highest BCUT2D eigenvalue weighted by Crippen LogP contribution is 2.28. The summed E-state index contributed by atoms with van der Waals surface area (Å²) in [5, 5.41) is 4.48. The first kappa shape index (κ1) is 13.8. The van der Waals surface area contributed by atoms with Crippen molar-refractivity contribution < 1.29 is 4.52 Å². The SMILES string of the molecule is CCC(c1ccccc1)c1nc(-c2ccc(Cl)nc2)no1. The number of hydrogen-bond donors (Lipinski definition) is 0. The Morgan fingerprint density at radius 2 is 1.95 bits per heavy atom. The summed E-state index contributed by atoms with van der Waals surface area (Å²) in [5.74, 6) is 1.25. The standard InChI is InChI=1S/C16H14ClN3O/c1-2-13(11-6-4-3-5-7-11)16-19-15(20-21-16)12-8-9-14(17)18-10-12/h3-10,13H,2H2,1H3. The van der Waals surface area contributed by atoms with Gasteiger partial charge in [0.25, 0.3) is 0 Å². The molecule has 0 radical (unpaired) electrons. The first-order valence-corrected chi connectivity index (χ1v) is 7.16. The summed E-state index contributed by atoms with van der Waals surface area (Å²) >= 11 is 5.78. The second-order valence-electron chi connectivity index (χ2n) is 4.70. The predicted molar refractivity (Wildman–Crippen MR) is 81.1 cm³/mol. The number of hydrogen-bond acceptors (Lipinski definition) is 4. The Bertz CT molecular complexity index is 710. The van der Waals surface area contributed by atoms with E-state index in [1.165, 1.54) is 5.56 Å². The average Bonchev–Trinajstić information content (AvgIpc) is 2.99. The lowest BCUT2D eigenvalue weighted by Gasteiger charge is -2.09. The summed E-state index contributed by atoms with van der Waals surface area (Å²) in [6.45, 7) is 2.10. The molecule has 0 saturated carbocycles. The van der Waals surface area contributed by atoms with Crippen LogP contribution in [0.25, 0.3) is 11.4 Å². The lowest BCUT2D eigenvalue weighted by atomic mass is 9.96. The van der Waals surface area contributed by atoms with Crippen LogP contribution >= 0.6 is 11.6 Å². The van der Waals surface area contributed by atoms with Crippen LogP contribution in [0.4, 0.5) is 0 Å². The topological polar surface area (TPSA) is 51.8 Å². The molecule has 106 valence electrons. The molecule has 1 unspecified atom stereocenters. The highest BCUT2D eigenvalue weighted by atomic mass is 35.5. The van der Waals surface area contributed by atoms with Gasteiger partial charge in [0.1, 0.15) is 5.15 Å². The van der Waals surface area contributed by atoms with Crippen molar-refractivity contribution in [2.45, 2.75) is 19.3 Å². The maximum absolute atomic E-state index is 5.78. The lowest BCUT2D eigenvalue weighted by Crippen LogP contribution is -1.99. The third-order valence-corrected chi connectivity index (χ3v) is 3.56. The number of benzene rings is 1. The third-order valence-electron chi connectivity index (χ3n) is 3.34. The van der Waals surface area contributed by atoms with Crippen molar-refractivity contribution >= 4 is 11.6 Å². The van der Waals surface area contributed by atoms with E-state index < -0.39 is 0 Å². The number of halogens is 1. The van der Waals surface area contributed by atoms with Gasteiger partial charge in [-0.2, -0.15) is 4.98 Å². The molecule has 0 fully saturated rings. The Kier molecular flexibility index (Phi) is 3.97. The Morgan fingerprint density at radius 3 is 2.62 bits per heavy atom. The summed E-state index contributed by atoms with van der Waals surface area (Å²) < 4.78 is 5.43. The van der Waals surface area contributed by atoms with Gasteiger partial charge in [0.2, 0.25) is 11.7 Å². The van der Waals surface area contributed by atoms with Crippen LogP contribution in [0.1, 0.15) is 30.7 Å². The van der Waals surface area contributed by atoms with E-state index in [4.69, 9.17) is 16.1 Å². The molecule has 0 bridgehead atoms. The van der Waals surface area contributed by atoms with E-state index >= 15 is 0 Å². The highest BCUT2D eigenvalue weighted by Gasteiger charge is 2.19. The van der Waals surface area contributed by atoms with Gasteiger partial charge < -0.3 is 4.52 Å². The Labute approximate surface area is 127 Å². The molecule has 1 aromatic carbocycles. The van der Waals surface area contributed by atoms with Gasteiger partial charge in [0.05, 0.1) is 5.92 Å². The first-order chi connectivity index (χ1) is 10.3. The molecule has 0 amide bonds. The second-order valence-corrected chi connectivity index (χ2v) is 5.08. The largest absolute Gasteiger partial charge is 0.338 e. The van der Waals surface area contributed by atoms with Crippen LogP contribution in [0.5, 0.6) is 0 Å². The number of pyridine rings is 1. The maximum atomic E-state index is 5.78. The van der Waals surface area contributed by atoms with E-state index in [2.05, 4.69) is 34.2 Å². The molecule has 0 saturated heterocycles. The van der Waals surface area contributed by atoms with Crippen LogP contribution in [-0.2, 0) is 0 Å². The van der Waals surface area contributed by atoms with Crippen molar-refractivity contribution in [1.82, 2.24) is 15.1 Å². The molecule has 3 rings (SSSR count). The first-order valence-electron chi connectivity index (χ1n) is 6.78. The minimum atomic E-state index is 0.104. The third kappa shape index (κ3) is 2.95. The van der Waals surface area contributed by atoms with E-state index in [9.17, 15) is 0 Å². The summed E-state index contributed by atoms with van der Waals surface area (Å²) in [7, 11) is 0. The molecular weight excluding hydrogens is 286 g/mol. The minimum absolute atomic E-state index is 0.104. The molecule has 0 aliphatic heterocycles. The Morgan fingerprint density at radius 1 is 1.14 bits per heavy atom. The molecule has 3 aromatic rings.